The van der Waals surface area contributed by atoms with Crippen LogP contribution in [0.4, 0.5) is 4.39 Å². The molecule has 8 heteroatoms. The van der Waals surface area contributed by atoms with Crippen LogP contribution in [0.25, 0.3) is 0 Å². The number of carboxylic acids is 1. The topological polar surface area (TPSA) is 86.7 Å². The van der Waals surface area contributed by atoms with E-state index < -0.39 is 23.2 Å². The first-order valence-corrected chi connectivity index (χ1v) is 9.67. The molecule has 3 rings (SSSR count). The van der Waals surface area contributed by atoms with E-state index in [4.69, 9.17) is 5.11 Å². The highest BCUT2D eigenvalue weighted by atomic mass is 32.2. The van der Waals surface area contributed by atoms with E-state index in [9.17, 15) is 18.8 Å². The summed E-state index contributed by atoms with van der Waals surface area (Å²) in [5, 5.41) is 11.4. The summed E-state index contributed by atoms with van der Waals surface area (Å²) >= 11 is 1.34. The Kier molecular flexibility index (Phi) is 5.80. The van der Waals surface area contributed by atoms with E-state index in [1.54, 1.807) is 18.2 Å². The number of piperidine rings is 1. The second kappa shape index (κ2) is 8.07. The Morgan fingerprint density at radius 3 is 2.81 bits per heavy atom. The first-order chi connectivity index (χ1) is 12.5. The van der Waals surface area contributed by atoms with Gasteiger partial charge in [0, 0.05) is 18.8 Å². The maximum absolute atomic E-state index is 13.8. The second-order valence-electron chi connectivity index (χ2n) is 6.64. The predicted octanol–water partition coefficient (Wildman–Crippen LogP) is 1.29. The van der Waals surface area contributed by atoms with E-state index in [2.05, 4.69) is 5.32 Å². The maximum Gasteiger partial charge on any atom is 0.308 e. The van der Waals surface area contributed by atoms with Crippen molar-refractivity contribution >= 4 is 29.5 Å². The van der Waals surface area contributed by atoms with Crippen LogP contribution in [0, 0.1) is 11.7 Å². The number of hydrogen-bond acceptors (Lipinski definition) is 4. The number of halogens is 1. The Balaban J connectivity index is 1.58. The third kappa shape index (κ3) is 4.17. The molecule has 2 aliphatic rings. The molecule has 140 valence electrons. The summed E-state index contributed by atoms with van der Waals surface area (Å²) in [7, 11) is 0. The average molecular weight is 380 g/mol. The molecule has 0 saturated carbocycles. The first-order valence-electron chi connectivity index (χ1n) is 8.62. The predicted molar refractivity (Wildman–Crippen MR) is 95.2 cm³/mol. The van der Waals surface area contributed by atoms with E-state index >= 15 is 0 Å². The van der Waals surface area contributed by atoms with Crippen LogP contribution in [-0.4, -0.2) is 57.9 Å². The number of hydrogen-bond donors (Lipinski definition) is 2. The van der Waals surface area contributed by atoms with Crippen LogP contribution in [0.2, 0.25) is 0 Å². The molecular weight excluding hydrogens is 359 g/mol. The number of nitrogens with zero attached hydrogens (tertiary/aromatic N) is 1. The zero-order valence-corrected chi connectivity index (χ0v) is 15.0. The fraction of sp³-hybridized carbons (Fsp3) is 0.500. The van der Waals surface area contributed by atoms with Gasteiger partial charge in [0.2, 0.25) is 11.8 Å². The van der Waals surface area contributed by atoms with E-state index in [1.165, 1.54) is 22.7 Å². The minimum Gasteiger partial charge on any atom is -0.481 e. The molecule has 2 saturated heterocycles. The summed E-state index contributed by atoms with van der Waals surface area (Å²) in [6.45, 7) is 0.697. The fourth-order valence-electron chi connectivity index (χ4n) is 3.34. The number of thioether (sulfide) groups is 1. The summed E-state index contributed by atoms with van der Waals surface area (Å²) in [4.78, 5) is 37.7. The molecule has 0 aliphatic carbocycles. The van der Waals surface area contributed by atoms with Crippen molar-refractivity contribution in [3.8, 4) is 0 Å². The van der Waals surface area contributed by atoms with Crippen molar-refractivity contribution in [2.45, 2.75) is 30.6 Å². The first kappa shape index (κ1) is 18.7. The van der Waals surface area contributed by atoms with Crippen molar-refractivity contribution in [3.63, 3.8) is 0 Å². The molecule has 1 aromatic rings. The van der Waals surface area contributed by atoms with Crippen LogP contribution < -0.4 is 5.32 Å². The van der Waals surface area contributed by atoms with Crippen molar-refractivity contribution in [2.75, 3.05) is 18.8 Å². The van der Waals surface area contributed by atoms with Gasteiger partial charge in [-0.25, -0.2) is 4.39 Å². The monoisotopic (exact) mass is 380 g/mol. The number of carbonyl (C=O) groups excluding carboxylic acids is 2. The third-order valence-corrected chi connectivity index (χ3v) is 6.13. The summed E-state index contributed by atoms with van der Waals surface area (Å²) in [6.07, 6.45) is 1.48. The van der Waals surface area contributed by atoms with Gasteiger partial charge in [0.05, 0.1) is 11.2 Å². The van der Waals surface area contributed by atoms with Gasteiger partial charge in [0.25, 0.3) is 0 Å². The quantitative estimate of drug-likeness (QED) is 0.822. The molecule has 0 radical (unpaired) electrons. The van der Waals surface area contributed by atoms with Crippen molar-refractivity contribution in [2.24, 2.45) is 5.92 Å². The van der Waals surface area contributed by atoms with Crippen LogP contribution in [0.1, 0.15) is 18.4 Å². The van der Waals surface area contributed by atoms with Gasteiger partial charge in [-0.3, -0.25) is 14.4 Å². The molecular formula is C18H21FN2O4S. The van der Waals surface area contributed by atoms with Gasteiger partial charge < -0.3 is 15.3 Å². The zero-order valence-electron chi connectivity index (χ0n) is 14.2. The molecule has 2 unspecified atom stereocenters. The number of carboxylic acid groups (broad SMARTS) is 1. The van der Waals surface area contributed by atoms with E-state index in [0.29, 0.717) is 30.7 Å². The smallest absolute Gasteiger partial charge is 0.308 e. The Labute approximate surface area is 155 Å². The molecule has 0 aromatic heterocycles. The van der Waals surface area contributed by atoms with Crippen molar-refractivity contribution in [3.05, 3.63) is 35.6 Å². The Morgan fingerprint density at radius 2 is 2.12 bits per heavy atom. The molecule has 2 fully saturated rings. The summed E-state index contributed by atoms with van der Waals surface area (Å²) in [6, 6.07) is 5.69. The molecule has 2 heterocycles. The van der Waals surface area contributed by atoms with Gasteiger partial charge >= 0.3 is 5.97 Å². The van der Waals surface area contributed by atoms with Crippen LogP contribution in [-0.2, 0) is 20.8 Å². The minimum absolute atomic E-state index is 0.184. The Morgan fingerprint density at radius 1 is 1.35 bits per heavy atom. The van der Waals surface area contributed by atoms with Crippen molar-refractivity contribution in [1.29, 1.82) is 0 Å². The number of rotatable bonds is 4. The zero-order chi connectivity index (χ0) is 18.7. The molecule has 2 aliphatic heterocycles. The minimum atomic E-state index is -0.894. The molecule has 6 nitrogen and oxygen atoms in total. The molecule has 26 heavy (non-hydrogen) atoms. The number of benzene rings is 1. The Hall–Kier alpha value is -2.09. The van der Waals surface area contributed by atoms with Gasteiger partial charge in [0.1, 0.15) is 11.9 Å². The van der Waals surface area contributed by atoms with E-state index in [0.717, 1.165) is 0 Å². The number of nitrogens with one attached hydrogen (secondary N) is 1. The lowest BCUT2D eigenvalue weighted by atomic mass is 9.98. The number of likely N-dealkylation sites (tertiary alicyclic amines) is 1. The van der Waals surface area contributed by atoms with Gasteiger partial charge in [-0.05, 0) is 30.9 Å². The van der Waals surface area contributed by atoms with Crippen LogP contribution in [0.3, 0.4) is 0 Å². The lowest BCUT2D eigenvalue weighted by molar-refractivity contribution is -0.146. The van der Waals surface area contributed by atoms with E-state index in [1.807, 2.05) is 0 Å². The highest BCUT2D eigenvalue weighted by Gasteiger charge is 2.37. The van der Waals surface area contributed by atoms with Gasteiger partial charge in [0.15, 0.2) is 0 Å². The lowest BCUT2D eigenvalue weighted by Crippen LogP contribution is -2.57. The average Bonchev–Trinajstić information content (AvgIpc) is 2.64. The molecule has 0 spiro atoms. The maximum atomic E-state index is 13.8. The van der Waals surface area contributed by atoms with E-state index in [-0.39, 0.29) is 30.6 Å². The second-order valence-corrected chi connectivity index (χ2v) is 7.88. The number of amides is 2. The normalized spacial score (nSPS) is 26.3. The summed E-state index contributed by atoms with van der Waals surface area (Å²) in [5.41, 5.74) is 0.477. The van der Waals surface area contributed by atoms with Gasteiger partial charge in [-0.1, -0.05) is 18.2 Å². The highest BCUT2D eigenvalue weighted by molar-refractivity contribution is 8.00. The lowest BCUT2D eigenvalue weighted by Gasteiger charge is -2.35. The van der Waals surface area contributed by atoms with Crippen LogP contribution >= 0.6 is 11.8 Å². The standard InChI is InChI=1S/C18H21FN2O4S/c19-13-6-2-1-4-11(13)8-15-16(22)20-14(10-26-15)17(23)21-7-3-5-12(9-21)18(24)25/h1-2,4,6,12,14-15H,3,5,7-10H2,(H,20,22)(H,24,25)/t12-,14?,15?/m0/s1. The molecule has 2 amide bonds. The highest BCUT2D eigenvalue weighted by Crippen LogP contribution is 2.25. The Bertz CT molecular complexity index is 714. The SMILES string of the molecule is O=C1NC(C(=O)N2CCC[C@H](C(=O)O)C2)CSC1Cc1ccccc1F. The molecule has 3 atom stereocenters. The van der Waals surface area contributed by atoms with Crippen molar-refractivity contribution < 1.29 is 23.9 Å². The summed E-state index contributed by atoms with van der Waals surface area (Å²) in [5.74, 6) is -1.90. The van der Waals surface area contributed by atoms with Crippen molar-refractivity contribution in [1.82, 2.24) is 10.2 Å². The fourth-order valence-corrected chi connectivity index (χ4v) is 4.51. The van der Waals surface area contributed by atoms with Gasteiger partial charge in [-0.15, -0.1) is 11.8 Å². The van der Waals surface area contributed by atoms with Crippen LogP contribution in [0.15, 0.2) is 24.3 Å². The summed E-state index contributed by atoms with van der Waals surface area (Å²) < 4.78 is 13.8. The third-order valence-electron chi connectivity index (χ3n) is 4.82. The number of aliphatic carboxylic acids is 1. The molecule has 0 bridgehead atoms. The molecule has 1 aromatic carbocycles. The number of carbonyl (C=O) groups is 3. The molecule has 2 N–H and O–H groups in total. The largest absolute Gasteiger partial charge is 0.481 e. The van der Waals surface area contributed by atoms with Crippen LogP contribution in [0.5, 0.6) is 0 Å². The van der Waals surface area contributed by atoms with Gasteiger partial charge in [-0.2, -0.15) is 0 Å².